The molecule has 1 aliphatic heterocycles. The van der Waals surface area contributed by atoms with Crippen LogP contribution in [0.15, 0.2) is 53.7 Å². The third kappa shape index (κ3) is 3.78. The zero-order chi connectivity index (χ0) is 22.4. The topological polar surface area (TPSA) is 84.6 Å². The minimum absolute atomic E-state index is 0.0724. The van der Waals surface area contributed by atoms with E-state index in [2.05, 4.69) is 51.3 Å². The molecule has 170 valence electrons. The number of hydrogen-bond donors (Lipinski definition) is 1. The summed E-state index contributed by atoms with van der Waals surface area (Å²) in [6, 6.07) is 10.8. The van der Waals surface area contributed by atoms with Gasteiger partial charge in [0.2, 0.25) is 0 Å². The largest absolute Gasteiger partial charge is 0.310 e. The van der Waals surface area contributed by atoms with Gasteiger partial charge in [0.05, 0.1) is 17.9 Å². The van der Waals surface area contributed by atoms with E-state index in [9.17, 15) is 4.79 Å². The Balaban J connectivity index is 1.24. The molecule has 1 N–H and O–H groups in total. The summed E-state index contributed by atoms with van der Waals surface area (Å²) in [5.74, 6) is 1.40. The predicted molar refractivity (Wildman–Crippen MR) is 126 cm³/mol. The SMILES string of the molecule is C[C@@H]1CN(Cc2cccc(-n3cccn3)c2)C[C@H]1c1nc2c(cnn2C2CCCC2)c(=O)[nH]1. The second-order valence-corrected chi connectivity index (χ2v) is 9.61. The first-order valence-corrected chi connectivity index (χ1v) is 11.9. The molecule has 2 aliphatic rings. The van der Waals surface area contributed by atoms with Gasteiger partial charge in [-0.05, 0) is 42.5 Å². The summed E-state index contributed by atoms with van der Waals surface area (Å²) in [5, 5.41) is 9.48. The van der Waals surface area contributed by atoms with Gasteiger partial charge in [-0.25, -0.2) is 14.3 Å². The summed E-state index contributed by atoms with van der Waals surface area (Å²) < 4.78 is 3.88. The molecule has 4 aromatic rings. The Morgan fingerprint density at radius 2 is 2.00 bits per heavy atom. The van der Waals surface area contributed by atoms with Crippen LogP contribution in [0.25, 0.3) is 16.7 Å². The van der Waals surface area contributed by atoms with Crippen LogP contribution in [0.5, 0.6) is 0 Å². The molecule has 2 atom stereocenters. The number of H-pyrrole nitrogens is 1. The molecule has 4 heterocycles. The highest BCUT2D eigenvalue weighted by Crippen LogP contribution is 2.33. The molecule has 1 saturated heterocycles. The fraction of sp³-hybridized carbons (Fsp3) is 0.440. The zero-order valence-electron chi connectivity index (χ0n) is 18.9. The number of rotatable bonds is 5. The maximum atomic E-state index is 12.8. The molecule has 0 bridgehead atoms. The summed E-state index contributed by atoms with van der Waals surface area (Å²) >= 11 is 0. The Hall–Kier alpha value is -3.26. The average Bonchev–Trinajstić information content (AvgIpc) is 3.60. The van der Waals surface area contributed by atoms with Crippen molar-refractivity contribution in [3.05, 3.63) is 70.7 Å². The lowest BCUT2D eigenvalue weighted by atomic mass is 9.97. The molecule has 1 saturated carbocycles. The van der Waals surface area contributed by atoms with Crippen molar-refractivity contribution in [1.82, 2.24) is 34.4 Å². The number of fused-ring (bicyclic) bond motifs is 1. The van der Waals surface area contributed by atoms with E-state index in [0.29, 0.717) is 17.3 Å². The van der Waals surface area contributed by atoms with Gasteiger partial charge in [-0.2, -0.15) is 10.2 Å². The summed E-state index contributed by atoms with van der Waals surface area (Å²) in [6.45, 7) is 4.96. The van der Waals surface area contributed by atoms with Gasteiger partial charge in [-0.15, -0.1) is 0 Å². The van der Waals surface area contributed by atoms with Crippen LogP contribution in [0.2, 0.25) is 0 Å². The van der Waals surface area contributed by atoms with Gasteiger partial charge in [0.25, 0.3) is 5.56 Å². The summed E-state index contributed by atoms with van der Waals surface area (Å²) in [4.78, 5) is 23.3. The number of aromatic amines is 1. The van der Waals surface area contributed by atoms with Crippen LogP contribution in [0.3, 0.4) is 0 Å². The van der Waals surface area contributed by atoms with Crippen LogP contribution in [-0.4, -0.2) is 47.5 Å². The standard InChI is InChI=1S/C25H29N7O/c1-17-14-30(15-18-6-4-9-20(12-18)31-11-5-10-26-31)16-22(17)23-28-24-21(25(33)29-23)13-27-32(24)19-7-2-3-8-19/h4-6,9-13,17,19,22H,2-3,7-8,14-16H2,1H3,(H,28,29,33)/t17-,22-/m1/s1. The predicted octanol–water partition coefficient (Wildman–Crippen LogP) is 3.66. The maximum Gasteiger partial charge on any atom is 0.262 e. The summed E-state index contributed by atoms with van der Waals surface area (Å²) in [6.07, 6.45) is 10.1. The average molecular weight is 444 g/mol. The van der Waals surface area contributed by atoms with Gasteiger partial charge in [0, 0.05) is 37.9 Å². The number of aromatic nitrogens is 6. The zero-order valence-corrected chi connectivity index (χ0v) is 18.9. The van der Waals surface area contributed by atoms with Crippen LogP contribution >= 0.6 is 0 Å². The van der Waals surface area contributed by atoms with E-state index in [0.717, 1.165) is 49.6 Å². The molecule has 1 aliphatic carbocycles. The van der Waals surface area contributed by atoms with Gasteiger partial charge in [-0.1, -0.05) is 31.9 Å². The lowest BCUT2D eigenvalue weighted by molar-refractivity contribution is 0.318. The molecule has 0 unspecified atom stereocenters. The number of benzene rings is 1. The lowest BCUT2D eigenvalue weighted by Crippen LogP contribution is -2.22. The molecule has 3 aromatic heterocycles. The van der Waals surface area contributed by atoms with Crippen LogP contribution < -0.4 is 5.56 Å². The molecule has 1 aromatic carbocycles. The molecule has 0 amide bonds. The number of nitrogens with one attached hydrogen (secondary N) is 1. The normalized spacial score (nSPS) is 22.0. The van der Waals surface area contributed by atoms with Crippen molar-refractivity contribution in [1.29, 1.82) is 0 Å². The van der Waals surface area contributed by atoms with Gasteiger partial charge in [0.15, 0.2) is 5.65 Å². The minimum Gasteiger partial charge on any atom is -0.310 e. The van der Waals surface area contributed by atoms with Crippen molar-refractivity contribution >= 4 is 11.0 Å². The highest BCUT2D eigenvalue weighted by atomic mass is 16.1. The molecule has 2 fully saturated rings. The Morgan fingerprint density at radius 3 is 2.82 bits per heavy atom. The van der Waals surface area contributed by atoms with Crippen molar-refractivity contribution in [3.8, 4) is 5.69 Å². The Bertz CT molecular complexity index is 1320. The second-order valence-electron chi connectivity index (χ2n) is 9.61. The van der Waals surface area contributed by atoms with Crippen LogP contribution in [0, 0.1) is 5.92 Å². The van der Waals surface area contributed by atoms with E-state index < -0.39 is 0 Å². The molecular weight excluding hydrogens is 414 g/mol. The minimum atomic E-state index is -0.0724. The van der Waals surface area contributed by atoms with E-state index in [1.165, 1.54) is 18.4 Å². The fourth-order valence-electron chi connectivity index (χ4n) is 5.57. The second kappa shape index (κ2) is 8.26. The quantitative estimate of drug-likeness (QED) is 0.509. The number of hydrogen-bond acceptors (Lipinski definition) is 5. The van der Waals surface area contributed by atoms with E-state index in [1.807, 2.05) is 21.6 Å². The van der Waals surface area contributed by atoms with Crippen molar-refractivity contribution in [3.63, 3.8) is 0 Å². The van der Waals surface area contributed by atoms with E-state index >= 15 is 0 Å². The smallest absolute Gasteiger partial charge is 0.262 e. The van der Waals surface area contributed by atoms with Crippen LogP contribution in [-0.2, 0) is 6.54 Å². The third-order valence-corrected chi connectivity index (χ3v) is 7.28. The van der Waals surface area contributed by atoms with E-state index in [4.69, 9.17) is 4.98 Å². The maximum absolute atomic E-state index is 12.8. The van der Waals surface area contributed by atoms with Gasteiger partial charge in [0.1, 0.15) is 11.2 Å². The van der Waals surface area contributed by atoms with Gasteiger partial charge < -0.3 is 4.98 Å². The molecule has 8 nitrogen and oxygen atoms in total. The van der Waals surface area contributed by atoms with Gasteiger partial charge >= 0.3 is 0 Å². The molecule has 33 heavy (non-hydrogen) atoms. The van der Waals surface area contributed by atoms with E-state index in [-0.39, 0.29) is 11.5 Å². The molecule has 0 radical (unpaired) electrons. The first-order valence-electron chi connectivity index (χ1n) is 11.9. The van der Waals surface area contributed by atoms with Crippen LogP contribution in [0.1, 0.15) is 56.0 Å². The molecular formula is C25H29N7O. The number of nitrogens with zero attached hydrogens (tertiary/aromatic N) is 6. The Labute approximate surface area is 192 Å². The molecule has 0 spiro atoms. The van der Waals surface area contributed by atoms with Crippen molar-refractivity contribution in [2.24, 2.45) is 5.92 Å². The summed E-state index contributed by atoms with van der Waals surface area (Å²) in [7, 11) is 0. The number of likely N-dealkylation sites (tertiary alicyclic amines) is 1. The fourth-order valence-corrected chi connectivity index (χ4v) is 5.57. The van der Waals surface area contributed by atoms with E-state index in [1.54, 1.807) is 12.4 Å². The first kappa shape index (κ1) is 20.4. The van der Waals surface area contributed by atoms with Crippen molar-refractivity contribution in [2.45, 2.75) is 51.1 Å². The van der Waals surface area contributed by atoms with Crippen LogP contribution in [0.4, 0.5) is 0 Å². The molecule has 8 heteroatoms. The third-order valence-electron chi connectivity index (χ3n) is 7.28. The lowest BCUT2D eigenvalue weighted by Gasteiger charge is -2.17. The highest BCUT2D eigenvalue weighted by molar-refractivity contribution is 5.73. The molecule has 6 rings (SSSR count). The van der Waals surface area contributed by atoms with Crippen molar-refractivity contribution < 1.29 is 0 Å². The Morgan fingerprint density at radius 1 is 1.12 bits per heavy atom. The van der Waals surface area contributed by atoms with Gasteiger partial charge in [-0.3, -0.25) is 9.69 Å². The first-order chi connectivity index (χ1) is 16.2. The monoisotopic (exact) mass is 443 g/mol. The summed E-state index contributed by atoms with van der Waals surface area (Å²) in [5.41, 5.74) is 3.00. The van der Waals surface area contributed by atoms with Crippen molar-refractivity contribution in [2.75, 3.05) is 13.1 Å². The Kier molecular flexibility index (Phi) is 5.10. The highest BCUT2D eigenvalue weighted by Gasteiger charge is 2.33.